The summed E-state index contributed by atoms with van der Waals surface area (Å²) in [6, 6.07) is 10.7. The lowest BCUT2D eigenvalue weighted by Crippen LogP contribution is -2.52. The predicted octanol–water partition coefficient (Wildman–Crippen LogP) is 3.74. The molecular weight excluding hydrogens is 334 g/mol. The van der Waals surface area contributed by atoms with Gasteiger partial charge in [-0.25, -0.2) is 0 Å². The molecule has 1 fully saturated rings. The smallest absolute Gasteiger partial charge is 0.123 e. The fourth-order valence-electron chi connectivity index (χ4n) is 3.49. The number of hydrogen-bond acceptors (Lipinski definition) is 4. The molecule has 2 heterocycles. The van der Waals surface area contributed by atoms with Crippen LogP contribution in [-0.4, -0.2) is 36.1 Å². The zero-order valence-corrected chi connectivity index (χ0v) is 16.1. The first-order valence-corrected chi connectivity index (χ1v) is 8.55. The van der Waals surface area contributed by atoms with E-state index >= 15 is 0 Å². The van der Waals surface area contributed by atoms with E-state index in [0.717, 1.165) is 31.8 Å². The number of pyridine rings is 1. The van der Waals surface area contributed by atoms with Crippen molar-refractivity contribution in [1.29, 1.82) is 0 Å². The molecule has 1 aromatic carbocycles. The third-order valence-corrected chi connectivity index (χ3v) is 5.08. The van der Waals surface area contributed by atoms with Gasteiger partial charge in [0, 0.05) is 43.6 Å². The standard InChI is InChI=1S/C20H27N3O.ClH/c1-20(2)14-23(11-8-19(20)21)13-17-12-16(4-5-18(17)24-3)15-6-9-22-10-7-15;/h4-7,9-10,12,19H,8,11,13-14,21H2,1-3H3;1H. The summed E-state index contributed by atoms with van der Waals surface area (Å²) in [4.78, 5) is 6.58. The van der Waals surface area contributed by atoms with Crippen molar-refractivity contribution in [3.63, 3.8) is 0 Å². The molecule has 0 amide bonds. The number of rotatable bonds is 4. The maximum Gasteiger partial charge on any atom is 0.123 e. The molecule has 5 heteroatoms. The third kappa shape index (κ3) is 4.51. The molecule has 25 heavy (non-hydrogen) atoms. The molecule has 1 unspecified atom stereocenters. The zero-order valence-electron chi connectivity index (χ0n) is 15.2. The van der Waals surface area contributed by atoms with Crippen molar-refractivity contribution < 1.29 is 4.74 Å². The highest BCUT2D eigenvalue weighted by atomic mass is 35.5. The molecule has 1 aliphatic heterocycles. The molecule has 136 valence electrons. The summed E-state index contributed by atoms with van der Waals surface area (Å²) in [5.41, 5.74) is 10.0. The Balaban J connectivity index is 0.00000225. The minimum Gasteiger partial charge on any atom is -0.496 e. The van der Waals surface area contributed by atoms with Crippen LogP contribution in [0.5, 0.6) is 5.75 Å². The third-order valence-electron chi connectivity index (χ3n) is 5.08. The summed E-state index contributed by atoms with van der Waals surface area (Å²) in [6.45, 7) is 7.45. The van der Waals surface area contributed by atoms with E-state index in [1.807, 2.05) is 24.5 Å². The van der Waals surface area contributed by atoms with Gasteiger partial charge >= 0.3 is 0 Å². The molecule has 0 saturated carbocycles. The summed E-state index contributed by atoms with van der Waals surface area (Å²) >= 11 is 0. The Morgan fingerprint density at radius 2 is 1.92 bits per heavy atom. The average molecular weight is 362 g/mol. The monoisotopic (exact) mass is 361 g/mol. The van der Waals surface area contributed by atoms with Crippen molar-refractivity contribution in [2.45, 2.75) is 32.9 Å². The molecule has 1 aromatic heterocycles. The second kappa shape index (κ2) is 8.17. The molecule has 0 radical (unpaired) electrons. The Hall–Kier alpha value is -1.62. The molecular formula is C20H28ClN3O. The summed E-state index contributed by atoms with van der Waals surface area (Å²) in [5.74, 6) is 0.945. The van der Waals surface area contributed by atoms with Crippen LogP contribution in [0.2, 0.25) is 0 Å². The van der Waals surface area contributed by atoms with Crippen LogP contribution in [0.25, 0.3) is 11.1 Å². The molecule has 1 atom stereocenters. The predicted molar refractivity (Wildman–Crippen MR) is 105 cm³/mol. The second-order valence-corrected chi connectivity index (χ2v) is 7.36. The number of methoxy groups -OCH3 is 1. The SMILES string of the molecule is COc1ccc(-c2ccncc2)cc1CN1CCC(N)C(C)(C)C1.Cl. The largest absolute Gasteiger partial charge is 0.496 e. The lowest BCUT2D eigenvalue weighted by molar-refractivity contribution is 0.0892. The van der Waals surface area contributed by atoms with Crippen LogP contribution in [-0.2, 0) is 6.54 Å². The van der Waals surface area contributed by atoms with Crippen molar-refractivity contribution in [2.75, 3.05) is 20.2 Å². The Morgan fingerprint density at radius 3 is 2.56 bits per heavy atom. The summed E-state index contributed by atoms with van der Waals surface area (Å²) < 4.78 is 5.59. The van der Waals surface area contributed by atoms with Gasteiger partial charge in [-0.15, -0.1) is 12.4 Å². The van der Waals surface area contributed by atoms with Gasteiger partial charge in [0.1, 0.15) is 5.75 Å². The van der Waals surface area contributed by atoms with Crippen LogP contribution in [0.4, 0.5) is 0 Å². The number of nitrogens with zero attached hydrogens (tertiary/aromatic N) is 2. The number of likely N-dealkylation sites (tertiary alicyclic amines) is 1. The van der Waals surface area contributed by atoms with Crippen LogP contribution in [0, 0.1) is 5.41 Å². The first-order chi connectivity index (χ1) is 11.5. The molecule has 0 aliphatic carbocycles. The fraction of sp³-hybridized carbons (Fsp3) is 0.450. The number of nitrogens with two attached hydrogens (primary N) is 1. The molecule has 3 rings (SSSR count). The van der Waals surface area contributed by atoms with Gasteiger partial charge in [0.2, 0.25) is 0 Å². The highest BCUT2D eigenvalue weighted by molar-refractivity contribution is 5.85. The number of aromatic nitrogens is 1. The van der Waals surface area contributed by atoms with E-state index in [-0.39, 0.29) is 23.9 Å². The van der Waals surface area contributed by atoms with Gasteiger partial charge < -0.3 is 10.5 Å². The summed E-state index contributed by atoms with van der Waals surface area (Å²) in [6.07, 6.45) is 4.70. The highest BCUT2D eigenvalue weighted by Crippen LogP contribution is 2.32. The number of piperidine rings is 1. The zero-order chi connectivity index (χ0) is 17.2. The lowest BCUT2D eigenvalue weighted by atomic mass is 9.79. The first-order valence-electron chi connectivity index (χ1n) is 8.55. The molecule has 4 nitrogen and oxygen atoms in total. The molecule has 2 N–H and O–H groups in total. The maximum absolute atomic E-state index is 6.27. The number of hydrogen-bond donors (Lipinski definition) is 1. The minimum absolute atomic E-state index is 0. The van der Waals surface area contributed by atoms with E-state index in [1.54, 1.807) is 7.11 Å². The number of halogens is 1. The fourth-order valence-corrected chi connectivity index (χ4v) is 3.49. The van der Waals surface area contributed by atoms with Gasteiger partial charge in [-0.2, -0.15) is 0 Å². The Labute approximate surface area is 156 Å². The Bertz CT molecular complexity index is 691. The number of benzene rings is 1. The van der Waals surface area contributed by atoms with E-state index in [9.17, 15) is 0 Å². The highest BCUT2D eigenvalue weighted by Gasteiger charge is 2.33. The van der Waals surface area contributed by atoms with Crippen LogP contribution in [0.1, 0.15) is 25.8 Å². The van der Waals surface area contributed by atoms with Crippen molar-refractivity contribution in [1.82, 2.24) is 9.88 Å². The molecule has 1 saturated heterocycles. The van der Waals surface area contributed by atoms with Crippen LogP contribution >= 0.6 is 12.4 Å². The second-order valence-electron chi connectivity index (χ2n) is 7.36. The van der Waals surface area contributed by atoms with Crippen molar-refractivity contribution >= 4 is 12.4 Å². The van der Waals surface area contributed by atoms with E-state index in [0.29, 0.717) is 0 Å². The van der Waals surface area contributed by atoms with E-state index < -0.39 is 0 Å². The quantitative estimate of drug-likeness (QED) is 0.901. The summed E-state index contributed by atoms with van der Waals surface area (Å²) in [5, 5.41) is 0. The van der Waals surface area contributed by atoms with E-state index in [2.05, 4.69) is 41.9 Å². The van der Waals surface area contributed by atoms with Crippen molar-refractivity contribution in [2.24, 2.45) is 11.1 Å². The van der Waals surface area contributed by atoms with Crippen molar-refractivity contribution in [3.05, 3.63) is 48.3 Å². The van der Waals surface area contributed by atoms with Gasteiger partial charge in [0.25, 0.3) is 0 Å². The van der Waals surface area contributed by atoms with Crippen molar-refractivity contribution in [3.8, 4) is 16.9 Å². The lowest BCUT2D eigenvalue weighted by Gasteiger charge is -2.42. The number of ether oxygens (including phenoxy) is 1. The normalized spacial score (nSPS) is 19.9. The van der Waals surface area contributed by atoms with Gasteiger partial charge in [-0.1, -0.05) is 19.9 Å². The molecule has 2 aromatic rings. The average Bonchev–Trinajstić information content (AvgIpc) is 2.59. The first kappa shape index (κ1) is 19.7. The molecule has 0 spiro atoms. The van der Waals surface area contributed by atoms with Crippen LogP contribution in [0.3, 0.4) is 0 Å². The van der Waals surface area contributed by atoms with Gasteiger partial charge in [-0.05, 0) is 47.2 Å². The topological polar surface area (TPSA) is 51.4 Å². The van der Waals surface area contributed by atoms with Gasteiger partial charge in [0.15, 0.2) is 0 Å². The van der Waals surface area contributed by atoms with Gasteiger partial charge in [-0.3, -0.25) is 9.88 Å². The van der Waals surface area contributed by atoms with Gasteiger partial charge in [0.05, 0.1) is 7.11 Å². The van der Waals surface area contributed by atoms with Crippen LogP contribution < -0.4 is 10.5 Å². The Kier molecular flexibility index (Phi) is 6.44. The van der Waals surface area contributed by atoms with E-state index in [1.165, 1.54) is 16.7 Å². The van der Waals surface area contributed by atoms with E-state index in [4.69, 9.17) is 10.5 Å². The summed E-state index contributed by atoms with van der Waals surface area (Å²) in [7, 11) is 1.74. The molecule has 0 bridgehead atoms. The Morgan fingerprint density at radius 1 is 1.20 bits per heavy atom. The minimum atomic E-state index is 0. The molecule has 1 aliphatic rings. The maximum atomic E-state index is 6.27. The van der Waals surface area contributed by atoms with Crippen LogP contribution in [0.15, 0.2) is 42.7 Å².